The van der Waals surface area contributed by atoms with Gasteiger partial charge in [-0.25, -0.2) is 4.90 Å². The van der Waals surface area contributed by atoms with E-state index in [9.17, 15) is 9.59 Å². The van der Waals surface area contributed by atoms with Gasteiger partial charge in [-0.05, 0) is 80.3 Å². The van der Waals surface area contributed by atoms with Crippen LogP contribution in [-0.4, -0.2) is 18.4 Å². The van der Waals surface area contributed by atoms with Crippen molar-refractivity contribution in [2.75, 3.05) is 16.8 Å². The standard InChI is InChI=1S/C27H26N2O3/c1-5-32-22-14-11-20(12-15-22)24-25(28-23-9-7-6-8-18(23)3)27(31)29(26(24)30)21-13-10-17(2)19(4)16-21/h6-16,28H,5H2,1-4H3. The van der Waals surface area contributed by atoms with Crippen LogP contribution < -0.4 is 15.0 Å². The van der Waals surface area contributed by atoms with E-state index in [0.717, 1.165) is 22.4 Å². The first-order valence-corrected chi connectivity index (χ1v) is 10.7. The summed E-state index contributed by atoms with van der Waals surface area (Å²) in [5, 5.41) is 3.24. The van der Waals surface area contributed by atoms with Gasteiger partial charge in [-0.2, -0.15) is 0 Å². The maximum atomic E-state index is 13.6. The van der Waals surface area contributed by atoms with Crippen LogP contribution in [0.5, 0.6) is 5.75 Å². The van der Waals surface area contributed by atoms with Gasteiger partial charge in [0.05, 0.1) is 17.9 Å². The molecule has 1 N–H and O–H groups in total. The number of amides is 2. The Bertz CT molecular complexity index is 1230. The average molecular weight is 427 g/mol. The van der Waals surface area contributed by atoms with E-state index in [1.807, 2.05) is 94.4 Å². The lowest BCUT2D eigenvalue weighted by atomic mass is 10.0. The quantitative estimate of drug-likeness (QED) is 0.536. The number of nitrogens with one attached hydrogen (secondary N) is 1. The van der Waals surface area contributed by atoms with E-state index in [2.05, 4.69) is 5.32 Å². The van der Waals surface area contributed by atoms with Crippen molar-refractivity contribution in [3.63, 3.8) is 0 Å². The molecular formula is C27H26N2O3. The SMILES string of the molecule is CCOc1ccc(C2=C(Nc3ccccc3C)C(=O)N(c3ccc(C)c(C)c3)C2=O)cc1. The number of para-hydroxylation sites is 1. The van der Waals surface area contributed by atoms with Crippen LogP contribution in [0.25, 0.3) is 5.57 Å². The number of ether oxygens (including phenoxy) is 1. The van der Waals surface area contributed by atoms with Gasteiger partial charge < -0.3 is 10.1 Å². The van der Waals surface area contributed by atoms with Crippen molar-refractivity contribution in [3.05, 3.63) is 94.7 Å². The third-order valence-electron chi connectivity index (χ3n) is 5.69. The maximum absolute atomic E-state index is 13.6. The molecule has 32 heavy (non-hydrogen) atoms. The van der Waals surface area contributed by atoms with Crippen molar-refractivity contribution < 1.29 is 14.3 Å². The van der Waals surface area contributed by atoms with Gasteiger partial charge in [0.15, 0.2) is 0 Å². The molecule has 0 saturated heterocycles. The largest absolute Gasteiger partial charge is 0.494 e. The lowest BCUT2D eigenvalue weighted by Crippen LogP contribution is -2.32. The second kappa shape index (κ2) is 8.71. The second-order valence-corrected chi connectivity index (χ2v) is 7.86. The zero-order valence-corrected chi connectivity index (χ0v) is 18.7. The van der Waals surface area contributed by atoms with Crippen LogP contribution in [0.1, 0.15) is 29.2 Å². The van der Waals surface area contributed by atoms with Crippen LogP contribution in [0.3, 0.4) is 0 Å². The maximum Gasteiger partial charge on any atom is 0.282 e. The molecule has 0 fully saturated rings. The van der Waals surface area contributed by atoms with Gasteiger partial charge in [0.25, 0.3) is 11.8 Å². The summed E-state index contributed by atoms with van der Waals surface area (Å²) in [6.07, 6.45) is 0. The van der Waals surface area contributed by atoms with Crippen LogP contribution in [0.15, 0.2) is 72.4 Å². The molecule has 0 aliphatic carbocycles. The fourth-order valence-electron chi connectivity index (χ4n) is 3.74. The van der Waals surface area contributed by atoms with Crippen LogP contribution in [0.4, 0.5) is 11.4 Å². The number of rotatable bonds is 6. The number of carbonyl (C=O) groups is 2. The Balaban J connectivity index is 1.81. The highest BCUT2D eigenvalue weighted by Crippen LogP contribution is 2.35. The number of aryl methyl sites for hydroxylation is 3. The number of hydrogen-bond donors (Lipinski definition) is 1. The minimum atomic E-state index is -0.370. The van der Waals surface area contributed by atoms with Gasteiger partial charge >= 0.3 is 0 Å². The number of nitrogens with zero attached hydrogens (tertiary/aromatic N) is 1. The number of benzene rings is 3. The Labute approximate surface area is 188 Å². The highest BCUT2D eigenvalue weighted by atomic mass is 16.5. The minimum Gasteiger partial charge on any atom is -0.494 e. The summed E-state index contributed by atoms with van der Waals surface area (Å²) in [6.45, 7) is 8.40. The molecule has 3 aromatic rings. The van der Waals surface area contributed by atoms with Crippen LogP contribution in [-0.2, 0) is 9.59 Å². The molecule has 0 saturated carbocycles. The Morgan fingerprint density at radius 2 is 1.53 bits per heavy atom. The summed E-state index contributed by atoms with van der Waals surface area (Å²) >= 11 is 0. The normalized spacial score (nSPS) is 13.7. The van der Waals surface area contributed by atoms with Gasteiger partial charge in [0.2, 0.25) is 0 Å². The number of imide groups is 1. The summed E-state index contributed by atoms with van der Waals surface area (Å²) in [7, 11) is 0. The van der Waals surface area contributed by atoms with E-state index < -0.39 is 0 Å². The van der Waals surface area contributed by atoms with Gasteiger partial charge in [0, 0.05) is 5.69 Å². The lowest BCUT2D eigenvalue weighted by molar-refractivity contribution is -0.120. The first-order chi connectivity index (χ1) is 15.4. The third kappa shape index (κ3) is 3.89. The average Bonchev–Trinajstić information content (AvgIpc) is 3.02. The molecule has 5 heteroatoms. The van der Waals surface area contributed by atoms with E-state index in [1.165, 1.54) is 4.90 Å². The molecule has 1 aliphatic heterocycles. The number of anilines is 2. The predicted octanol–water partition coefficient (Wildman–Crippen LogP) is 5.41. The molecule has 3 aromatic carbocycles. The molecule has 162 valence electrons. The second-order valence-electron chi connectivity index (χ2n) is 7.86. The third-order valence-corrected chi connectivity index (χ3v) is 5.69. The fourth-order valence-corrected chi connectivity index (χ4v) is 3.74. The molecule has 2 amide bonds. The monoisotopic (exact) mass is 426 g/mol. The summed E-state index contributed by atoms with van der Waals surface area (Å²) in [6, 6.07) is 20.6. The van der Waals surface area contributed by atoms with Crippen LogP contribution >= 0.6 is 0 Å². The molecule has 4 rings (SSSR count). The van der Waals surface area contributed by atoms with Crippen LogP contribution in [0, 0.1) is 20.8 Å². The summed E-state index contributed by atoms with van der Waals surface area (Å²) < 4.78 is 5.53. The zero-order chi connectivity index (χ0) is 22.8. The molecule has 0 atom stereocenters. The van der Waals surface area contributed by atoms with E-state index in [1.54, 1.807) is 0 Å². The smallest absolute Gasteiger partial charge is 0.282 e. The number of hydrogen-bond acceptors (Lipinski definition) is 4. The highest BCUT2D eigenvalue weighted by molar-refractivity contribution is 6.46. The van der Waals surface area contributed by atoms with Crippen molar-refractivity contribution in [3.8, 4) is 5.75 Å². The van der Waals surface area contributed by atoms with Gasteiger partial charge in [-0.3, -0.25) is 9.59 Å². The zero-order valence-electron chi connectivity index (χ0n) is 18.7. The van der Waals surface area contributed by atoms with Crippen molar-refractivity contribution in [2.24, 2.45) is 0 Å². The molecule has 0 aromatic heterocycles. The Morgan fingerprint density at radius 1 is 0.812 bits per heavy atom. The first kappa shape index (κ1) is 21.4. The summed E-state index contributed by atoms with van der Waals surface area (Å²) in [4.78, 5) is 28.4. The van der Waals surface area contributed by atoms with Crippen molar-refractivity contribution in [1.29, 1.82) is 0 Å². The topological polar surface area (TPSA) is 58.6 Å². The van der Waals surface area contributed by atoms with E-state index in [0.29, 0.717) is 29.2 Å². The molecule has 0 unspecified atom stereocenters. The Morgan fingerprint density at radius 3 is 2.19 bits per heavy atom. The summed E-state index contributed by atoms with van der Waals surface area (Å²) in [5.41, 5.74) is 5.73. The van der Waals surface area contributed by atoms with Crippen LogP contribution in [0.2, 0.25) is 0 Å². The minimum absolute atomic E-state index is 0.270. The van der Waals surface area contributed by atoms with E-state index in [-0.39, 0.29) is 17.5 Å². The van der Waals surface area contributed by atoms with Crippen molar-refractivity contribution in [2.45, 2.75) is 27.7 Å². The summed E-state index contributed by atoms with van der Waals surface area (Å²) in [5.74, 6) is -0.00283. The number of carbonyl (C=O) groups excluding carboxylic acids is 2. The van der Waals surface area contributed by atoms with Gasteiger partial charge in [0.1, 0.15) is 11.4 Å². The lowest BCUT2D eigenvalue weighted by Gasteiger charge is -2.17. The molecule has 1 heterocycles. The van der Waals surface area contributed by atoms with Gasteiger partial charge in [-0.1, -0.05) is 36.4 Å². The van der Waals surface area contributed by atoms with Crippen molar-refractivity contribution in [1.82, 2.24) is 0 Å². The molecule has 0 bridgehead atoms. The molecule has 0 radical (unpaired) electrons. The Kier molecular flexibility index (Phi) is 5.82. The first-order valence-electron chi connectivity index (χ1n) is 10.7. The van der Waals surface area contributed by atoms with E-state index >= 15 is 0 Å². The van der Waals surface area contributed by atoms with Crippen molar-refractivity contribution >= 4 is 28.8 Å². The van der Waals surface area contributed by atoms with Gasteiger partial charge in [-0.15, -0.1) is 0 Å². The molecular weight excluding hydrogens is 400 g/mol. The molecule has 0 spiro atoms. The highest BCUT2D eigenvalue weighted by Gasteiger charge is 2.40. The molecule has 5 nitrogen and oxygen atoms in total. The van der Waals surface area contributed by atoms with E-state index in [4.69, 9.17) is 4.74 Å². The molecule has 1 aliphatic rings. The predicted molar refractivity (Wildman–Crippen MR) is 128 cm³/mol. The fraction of sp³-hybridized carbons (Fsp3) is 0.185. The Hall–Kier alpha value is -3.86.